The van der Waals surface area contributed by atoms with Gasteiger partial charge >= 0.3 is 0 Å². The highest BCUT2D eigenvalue weighted by Gasteiger charge is 2.15. The Hall–Kier alpha value is -2.20. The molecule has 2 rings (SSSR count). The fourth-order valence-electron chi connectivity index (χ4n) is 2.65. The normalized spacial score (nSPS) is 11.8. The molecule has 0 bridgehead atoms. The van der Waals surface area contributed by atoms with Crippen LogP contribution in [-0.2, 0) is 6.42 Å². The van der Waals surface area contributed by atoms with E-state index in [1.165, 1.54) is 5.56 Å². The molecule has 0 aliphatic heterocycles. The standard InChI is InChI=1S/C19H25NO3/c1-4-23-18-7-5-6-14(11-18)16(13-20)10-15-8-9-17(21-2)12-19(15)22-3/h5-9,11-12,16H,4,10,13,20H2,1-3H3. The van der Waals surface area contributed by atoms with Crippen LogP contribution in [-0.4, -0.2) is 27.4 Å². The van der Waals surface area contributed by atoms with Crippen LogP contribution in [0.1, 0.15) is 24.0 Å². The van der Waals surface area contributed by atoms with Crippen molar-refractivity contribution in [2.45, 2.75) is 19.3 Å². The SMILES string of the molecule is CCOc1cccc(C(CN)Cc2ccc(OC)cc2OC)c1. The predicted molar refractivity (Wildman–Crippen MR) is 92.7 cm³/mol. The lowest BCUT2D eigenvalue weighted by atomic mass is 9.91. The Morgan fingerprint density at radius 3 is 2.48 bits per heavy atom. The Kier molecular flexibility index (Phi) is 6.29. The van der Waals surface area contributed by atoms with Gasteiger partial charge in [-0.05, 0) is 49.2 Å². The molecule has 0 saturated heterocycles. The third-order valence-electron chi connectivity index (χ3n) is 3.89. The smallest absolute Gasteiger partial charge is 0.125 e. The summed E-state index contributed by atoms with van der Waals surface area (Å²) in [7, 11) is 3.32. The fraction of sp³-hybridized carbons (Fsp3) is 0.368. The molecule has 2 aromatic carbocycles. The minimum absolute atomic E-state index is 0.206. The van der Waals surface area contributed by atoms with E-state index >= 15 is 0 Å². The van der Waals surface area contributed by atoms with E-state index in [1.807, 2.05) is 37.3 Å². The quantitative estimate of drug-likeness (QED) is 0.811. The largest absolute Gasteiger partial charge is 0.497 e. The van der Waals surface area contributed by atoms with Gasteiger partial charge in [-0.25, -0.2) is 0 Å². The maximum absolute atomic E-state index is 6.02. The monoisotopic (exact) mass is 315 g/mol. The first-order valence-electron chi connectivity index (χ1n) is 7.85. The molecule has 2 N–H and O–H groups in total. The molecule has 0 aliphatic rings. The Balaban J connectivity index is 2.24. The van der Waals surface area contributed by atoms with Crippen molar-refractivity contribution in [3.63, 3.8) is 0 Å². The van der Waals surface area contributed by atoms with E-state index in [9.17, 15) is 0 Å². The highest BCUT2D eigenvalue weighted by Crippen LogP contribution is 2.30. The molecule has 4 nitrogen and oxygen atoms in total. The predicted octanol–water partition coefficient (Wildman–Crippen LogP) is 3.39. The van der Waals surface area contributed by atoms with Gasteiger partial charge in [0.15, 0.2) is 0 Å². The Morgan fingerprint density at radius 1 is 1.00 bits per heavy atom. The molecule has 2 aromatic rings. The molecule has 0 radical (unpaired) electrons. The van der Waals surface area contributed by atoms with Crippen molar-refractivity contribution in [1.82, 2.24) is 0 Å². The summed E-state index contributed by atoms with van der Waals surface area (Å²) in [4.78, 5) is 0. The van der Waals surface area contributed by atoms with Crippen molar-refractivity contribution < 1.29 is 14.2 Å². The van der Waals surface area contributed by atoms with Gasteiger partial charge in [-0.15, -0.1) is 0 Å². The van der Waals surface area contributed by atoms with E-state index in [2.05, 4.69) is 12.1 Å². The molecular weight excluding hydrogens is 290 g/mol. The Labute approximate surface area is 138 Å². The molecule has 23 heavy (non-hydrogen) atoms. The topological polar surface area (TPSA) is 53.7 Å². The molecule has 0 amide bonds. The number of nitrogens with two attached hydrogens (primary N) is 1. The van der Waals surface area contributed by atoms with Crippen molar-refractivity contribution in [1.29, 1.82) is 0 Å². The number of ether oxygens (including phenoxy) is 3. The third-order valence-corrected chi connectivity index (χ3v) is 3.89. The summed E-state index contributed by atoms with van der Waals surface area (Å²) in [5, 5.41) is 0. The van der Waals surface area contributed by atoms with Crippen LogP contribution in [0.15, 0.2) is 42.5 Å². The molecular formula is C19H25NO3. The van der Waals surface area contributed by atoms with Gasteiger partial charge in [0, 0.05) is 12.0 Å². The van der Waals surface area contributed by atoms with Crippen LogP contribution in [0.4, 0.5) is 0 Å². The van der Waals surface area contributed by atoms with Crippen molar-refractivity contribution in [2.24, 2.45) is 5.73 Å². The van der Waals surface area contributed by atoms with Crippen LogP contribution in [0.5, 0.6) is 17.2 Å². The van der Waals surface area contributed by atoms with Crippen LogP contribution in [0.3, 0.4) is 0 Å². The summed E-state index contributed by atoms with van der Waals surface area (Å²) in [6.45, 7) is 3.20. The number of rotatable bonds is 8. The highest BCUT2D eigenvalue weighted by atomic mass is 16.5. The average molecular weight is 315 g/mol. The molecule has 1 unspecified atom stereocenters. The molecule has 0 heterocycles. The lowest BCUT2D eigenvalue weighted by Gasteiger charge is -2.18. The minimum Gasteiger partial charge on any atom is -0.497 e. The van der Waals surface area contributed by atoms with E-state index in [0.717, 1.165) is 29.2 Å². The number of hydrogen-bond donors (Lipinski definition) is 1. The van der Waals surface area contributed by atoms with Gasteiger partial charge in [0.1, 0.15) is 17.2 Å². The maximum atomic E-state index is 6.02. The average Bonchev–Trinajstić information content (AvgIpc) is 2.60. The Bertz CT molecular complexity index is 628. The lowest BCUT2D eigenvalue weighted by Crippen LogP contribution is -2.15. The number of methoxy groups -OCH3 is 2. The second kappa shape index (κ2) is 8.44. The summed E-state index contributed by atoms with van der Waals surface area (Å²) in [5.74, 6) is 2.69. The summed E-state index contributed by atoms with van der Waals surface area (Å²) in [6, 6.07) is 14.0. The molecule has 4 heteroatoms. The van der Waals surface area contributed by atoms with Crippen LogP contribution in [0.25, 0.3) is 0 Å². The minimum atomic E-state index is 0.206. The molecule has 0 saturated carbocycles. The van der Waals surface area contributed by atoms with Gasteiger partial charge in [0.25, 0.3) is 0 Å². The molecule has 0 aliphatic carbocycles. The molecule has 1 atom stereocenters. The van der Waals surface area contributed by atoms with Crippen LogP contribution >= 0.6 is 0 Å². The van der Waals surface area contributed by atoms with Crippen molar-refractivity contribution in [3.05, 3.63) is 53.6 Å². The van der Waals surface area contributed by atoms with E-state index in [-0.39, 0.29) is 5.92 Å². The highest BCUT2D eigenvalue weighted by molar-refractivity contribution is 5.42. The van der Waals surface area contributed by atoms with Gasteiger partial charge < -0.3 is 19.9 Å². The van der Waals surface area contributed by atoms with Crippen LogP contribution in [0, 0.1) is 0 Å². The summed E-state index contributed by atoms with van der Waals surface area (Å²) < 4.78 is 16.3. The van der Waals surface area contributed by atoms with Gasteiger partial charge in [-0.3, -0.25) is 0 Å². The van der Waals surface area contributed by atoms with Crippen molar-refractivity contribution >= 4 is 0 Å². The second-order valence-corrected chi connectivity index (χ2v) is 5.32. The van der Waals surface area contributed by atoms with Gasteiger partial charge in [-0.1, -0.05) is 18.2 Å². The summed E-state index contributed by atoms with van der Waals surface area (Å²) >= 11 is 0. The zero-order chi connectivity index (χ0) is 16.7. The van der Waals surface area contributed by atoms with E-state index in [0.29, 0.717) is 13.2 Å². The zero-order valence-corrected chi connectivity index (χ0v) is 14.0. The summed E-state index contributed by atoms with van der Waals surface area (Å²) in [6.07, 6.45) is 0.805. The van der Waals surface area contributed by atoms with E-state index in [4.69, 9.17) is 19.9 Å². The fourth-order valence-corrected chi connectivity index (χ4v) is 2.65. The van der Waals surface area contributed by atoms with Crippen LogP contribution < -0.4 is 19.9 Å². The van der Waals surface area contributed by atoms with E-state index < -0.39 is 0 Å². The molecule has 0 fully saturated rings. The van der Waals surface area contributed by atoms with E-state index in [1.54, 1.807) is 14.2 Å². The maximum Gasteiger partial charge on any atom is 0.125 e. The lowest BCUT2D eigenvalue weighted by molar-refractivity contribution is 0.339. The Morgan fingerprint density at radius 2 is 1.83 bits per heavy atom. The second-order valence-electron chi connectivity index (χ2n) is 5.32. The zero-order valence-electron chi connectivity index (χ0n) is 14.0. The molecule has 0 aromatic heterocycles. The van der Waals surface area contributed by atoms with Crippen LogP contribution in [0.2, 0.25) is 0 Å². The number of hydrogen-bond acceptors (Lipinski definition) is 4. The van der Waals surface area contributed by atoms with Crippen molar-refractivity contribution in [3.8, 4) is 17.2 Å². The van der Waals surface area contributed by atoms with Gasteiger partial charge in [0.2, 0.25) is 0 Å². The number of benzene rings is 2. The van der Waals surface area contributed by atoms with Gasteiger partial charge in [-0.2, -0.15) is 0 Å². The first kappa shape index (κ1) is 17.2. The molecule has 0 spiro atoms. The summed E-state index contributed by atoms with van der Waals surface area (Å²) in [5.41, 5.74) is 8.31. The first-order chi connectivity index (χ1) is 11.2. The van der Waals surface area contributed by atoms with Crippen molar-refractivity contribution in [2.75, 3.05) is 27.4 Å². The first-order valence-corrected chi connectivity index (χ1v) is 7.85. The van der Waals surface area contributed by atoms with Gasteiger partial charge in [0.05, 0.1) is 20.8 Å². The molecule has 124 valence electrons. The third kappa shape index (κ3) is 4.39.